The standard InChI is InChI=1S/C18H22O2/c1-3-18(19,4-2)16-10-12-17(13-11-16)20-14-15-8-6-5-7-9-15/h5-13,19H,3-4,14H2,1-2H3. The molecule has 0 spiro atoms. The summed E-state index contributed by atoms with van der Waals surface area (Å²) in [5.41, 5.74) is 1.38. The smallest absolute Gasteiger partial charge is 0.119 e. The van der Waals surface area contributed by atoms with Crippen molar-refractivity contribution in [3.05, 3.63) is 65.7 Å². The minimum Gasteiger partial charge on any atom is -0.489 e. The minimum absolute atomic E-state index is 0.562. The van der Waals surface area contributed by atoms with Crippen molar-refractivity contribution < 1.29 is 9.84 Å². The molecule has 0 saturated carbocycles. The van der Waals surface area contributed by atoms with Crippen LogP contribution in [-0.4, -0.2) is 5.11 Å². The zero-order valence-corrected chi connectivity index (χ0v) is 12.2. The van der Waals surface area contributed by atoms with E-state index in [4.69, 9.17) is 4.74 Å². The van der Waals surface area contributed by atoms with Gasteiger partial charge in [-0.1, -0.05) is 56.3 Å². The molecule has 0 aliphatic heterocycles. The van der Waals surface area contributed by atoms with Crippen molar-refractivity contribution in [3.8, 4) is 5.75 Å². The number of hydrogen-bond acceptors (Lipinski definition) is 2. The molecular formula is C18H22O2. The van der Waals surface area contributed by atoms with Gasteiger partial charge in [-0.05, 0) is 36.1 Å². The maximum atomic E-state index is 10.5. The lowest BCUT2D eigenvalue weighted by molar-refractivity contribution is 0.0283. The second kappa shape index (κ2) is 6.58. The Hall–Kier alpha value is -1.80. The fraction of sp³-hybridized carbons (Fsp3) is 0.333. The molecule has 0 heterocycles. The molecule has 0 bridgehead atoms. The highest BCUT2D eigenvalue weighted by atomic mass is 16.5. The van der Waals surface area contributed by atoms with Crippen LogP contribution < -0.4 is 4.74 Å². The molecule has 0 aliphatic rings. The Labute approximate surface area is 121 Å². The Morgan fingerprint density at radius 2 is 1.50 bits per heavy atom. The number of hydrogen-bond donors (Lipinski definition) is 1. The number of ether oxygens (including phenoxy) is 1. The maximum Gasteiger partial charge on any atom is 0.119 e. The number of benzene rings is 2. The van der Waals surface area contributed by atoms with E-state index in [1.807, 2.05) is 68.4 Å². The Bertz CT molecular complexity index is 513. The third-order valence-corrected chi connectivity index (χ3v) is 3.81. The molecule has 20 heavy (non-hydrogen) atoms. The van der Waals surface area contributed by atoms with Gasteiger partial charge in [0.15, 0.2) is 0 Å². The SMILES string of the molecule is CCC(O)(CC)c1ccc(OCc2ccccc2)cc1. The van der Waals surface area contributed by atoms with Crippen LogP contribution >= 0.6 is 0 Å². The maximum absolute atomic E-state index is 10.5. The van der Waals surface area contributed by atoms with E-state index in [1.54, 1.807) is 0 Å². The predicted molar refractivity (Wildman–Crippen MR) is 81.7 cm³/mol. The molecule has 0 unspecified atom stereocenters. The Balaban J connectivity index is 2.02. The first-order valence-corrected chi connectivity index (χ1v) is 7.17. The minimum atomic E-state index is -0.724. The molecule has 106 valence electrons. The van der Waals surface area contributed by atoms with Crippen molar-refractivity contribution in [3.63, 3.8) is 0 Å². The molecule has 0 radical (unpaired) electrons. The van der Waals surface area contributed by atoms with E-state index in [2.05, 4.69) is 0 Å². The van der Waals surface area contributed by atoms with Crippen molar-refractivity contribution in [1.29, 1.82) is 0 Å². The average Bonchev–Trinajstić information content (AvgIpc) is 2.53. The van der Waals surface area contributed by atoms with Gasteiger partial charge < -0.3 is 9.84 Å². The third-order valence-electron chi connectivity index (χ3n) is 3.81. The summed E-state index contributed by atoms with van der Waals surface area (Å²) < 4.78 is 5.75. The zero-order chi connectivity index (χ0) is 14.4. The molecule has 2 rings (SSSR count). The van der Waals surface area contributed by atoms with Crippen LogP contribution in [0.15, 0.2) is 54.6 Å². The van der Waals surface area contributed by atoms with Gasteiger partial charge >= 0.3 is 0 Å². The van der Waals surface area contributed by atoms with Crippen LogP contribution in [0.25, 0.3) is 0 Å². The van der Waals surface area contributed by atoms with Crippen LogP contribution in [0, 0.1) is 0 Å². The molecule has 0 amide bonds. The Kier molecular flexibility index (Phi) is 4.80. The van der Waals surface area contributed by atoms with E-state index < -0.39 is 5.60 Å². The largest absolute Gasteiger partial charge is 0.489 e. The third kappa shape index (κ3) is 3.40. The zero-order valence-electron chi connectivity index (χ0n) is 12.2. The fourth-order valence-electron chi connectivity index (χ4n) is 2.26. The highest BCUT2D eigenvalue weighted by molar-refractivity contribution is 5.31. The van der Waals surface area contributed by atoms with Crippen molar-refractivity contribution in [2.24, 2.45) is 0 Å². The summed E-state index contributed by atoms with van der Waals surface area (Å²) in [4.78, 5) is 0. The predicted octanol–water partition coefficient (Wildman–Crippen LogP) is 4.27. The van der Waals surface area contributed by atoms with Gasteiger partial charge in [0.05, 0.1) is 5.60 Å². The van der Waals surface area contributed by atoms with Gasteiger partial charge in [0.25, 0.3) is 0 Å². The monoisotopic (exact) mass is 270 g/mol. The van der Waals surface area contributed by atoms with Gasteiger partial charge in [-0.15, -0.1) is 0 Å². The van der Waals surface area contributed by atoms with E-state index in [0.29, 0.717) is 19.4 Å². The van der Waals surface area contributed by atoms with Crippen molar-refractivity contribution in [2.45, 2.75) is 38.9 Å². The van der Waals surface area contributed by atoms with Gasteiger partial charge in [0, 0.05) is 0 Å². The van der Waals surface area contributed by atoms with E-state index in [-0.39, 0.29) is 0 Å². The van der Waals surface area contributed by atoms with Crippen molar-refractivity contribution in [2.75, 3.05) is 0 Å². The lowest BCUT2D eigenvalue weighted by Crippen LogP contribution is -2.23. The van der Waals surface area contributed by atoms with Gasteiger partial charge in [0.1, 0.15) is 12.4 Å². The van der Waals surface area contributed by atoms with Crippen molar-refractivity contribution in [1.82, 2.24) is 0 Å². The second-order valence-electron chi connectivity index (χ2n) is 5.04. The summed E-state index contributed by atoms with van der Waals surface area (Å²) in [6.45, 7) is 4.57. The van der Waals surface area contributed by atoms with Crippen LogP contribution in [0.5, 0.6) is 5.75 Å². The van der Waals surface area contributed by atoms with Crippen LogP contribution in [0.1, 0.15) is 37.8 Å². The summed E-state index contributed by atoms with van der Waals surface area (Å²) >= 11 is 0. The summed E-state index contributed by atoms with van der Waals surface area (Å²) in [5, 5.41) is 10.5. The molecule has 0 fully saturated rings. The number of aliphatic hydroxyl groups is 1. The Morgan fingerprint density at radius 3 is 2.05 bits per heavy atom. The molecule has 2 aromatic rings. The van der Waals surface area contributed by atoms with Gasteiger partial charge in [-0.2, -0.15) is 0 Å². The van der Waals surface area contributed by atoms with E-state index in [9.17, 15) is 5.11 Å². The van der Waals surface area contributed by atoms with Gasteiger partial charge in [-0.3, -0.25) is 0 Å². The van der Waals surface area contributed by atoms with Crippen LogP contribution in [0.2, 0.25) is 0 Å². The molecule has 2 nitrogen and oxygen atoms in total. The summed E-state index contributed by atoms with van der Waals surface area (Å²) in [5.74, 6) is 0.826. The van der Waals surface area contributed by atoms with E-state index in [0.717, 1.165) is 16.9 Å². The molecule has 1 N–H and O–H groups in total. The molecule has 2 heteroatoms. The first-order chi connectivity index (χ1) is 9.68. The van der Waals surface area contributed by atoms with Crippen LogP contribution in [0.4, 0.5) is 0 Å². The van der Waals surface area contributed by atoms with Crippen LogP contribution in [-0.2, 0) is 12.2 Å². The summed E-state index contributed by atoms with van der Waals surface area (Å²) in [6, 6.07) is 17.8. The summed E-state index contributed by atoms with van der Waals surface area (Å²) in [6.07, 6.45) is 1.43. The fourth-order valence-corrected chi connectivity index (χ4v) is 2.26. The first-order valence-electron chi connectivity index (χ1n) is 7.17. The molecule has 0 aromatic heterocycles. The second-order valence-corrected chi connectivity index (χ2v) is 5.04. The van der Waals surface area contributed by atoms with E-state index in [1.165, 1.54) is 0 Å². The molecule has 0 aliphatic carbocycles. The first kappa shape index (κ1) is 14.6. The average molecular weight is 270 g/mol. The van der Waals surface area contributed by atoms with E-state index >= 15 is 0 Å². The topological polar surface area (TPSA) is 29.5 Å². The lowest BCUT2D eigenvalue weighted by atomic mass is 9.89. The summed E-state index contributed by atoms with van der Waals surface area (Å²) in [7, 11) is 0. The highest BCUT2D eigenvalue weighted by Crippen LogP contribution is 2.29. The lowest BCUT2D eigenvalue weighted by Gasteiger charge is -2.25. The quantitative estimate of drug-likeness (QED) is 0.849. The molecule has 2 aromatic carbocycles. The normalized spacial score (nSPS) is 11.3. The number of rotatable bonds is 6. The molecule has 0 saturated heterocycles. The van der Waals surface area contributed by atoms with Gasteiger partial charge in [0.2, 0.25) is 0 Å². The molecular weight excluding hydrogens is 248 g/mol. The molecule has 0 atom stereocenters. The highest BCUT2D eigenvalue weighted by Gasteiger charge is 2.24. The Morgan fingerprint density at radius 1 is 0.900 bits per heavy atom. The van der Waals surface area contributed by atoms with Gasteiger partial charge in [-0.25, -0.2) is 0 Å². The van der Waals surface area contributed by atoms with Crippen LogP contribution in [0.3, 0.4) is 0 Å². The van der Waals surface area contributed by atoms with Crippen molar-refractivity contribution >= 4 is 0 Å².